The molecule has 0 aliphatic rings. The Hall–Kier alpha value is -1.32. The first-order valence-corrected chi connectivity index (χ1v) is 5.64. The summed E-state index contributed by atoms with van der Waals surface area (Å²) in [7, 11) is 0. The molecular formula is C12H14ClN3. The van der Waals surface area contributed by atoms with Crippen LogP contribution in [0, 0.1) is 0 Å². The summed E-state index contributed by atoms with van der Waals surface area (Å²) in [4.78, 5) is 4.14. The van der Waals surface area contributed by atoms with Crippen LogP contribution in [0.25, 0.3) is 5.69 Å². The Bertz CT molecular complexity index is 461. The van der Waals surface area contributed by atoms with Crippen LogP contribution in [0.4, 0.5) is 0 Å². The lowest BCUT2D eigenvalue weighted by molar-refractivity contribution is 0.660. The highest BCUT2D eigenvalue weighted by Gasteiger charge is 2.10. The van der Waals surface area contributed by atoms with Gasteiger partial charge in [-0.05, 0) is 30.7 Å². The van der Waals surface area contributed by atoms with Crippen molar-refractivity contribution in [2.24, 2.45) is 5.73 Å². The molecule has 0 bridgehead atoms. The van der Waals surface area contributed by atoms with Gasteiger partial charge in [0.2, 0.25) is 0 Å². The lowest BCUT2D eigenvalue weighted by atomic mass is 10.2. The van der Waals surface area contributed by atoms with E-state index < -0.39 is 0 Å². The predicted molar refractivity (Wildman–Crippen MR) is 65.8 cm³/mol. The van der Waals surface area contributed by atoms with Crippen LogP contribution in [0.2, 0.25) is 5.02 Å². The normalized spacial score (nSPS) is 12.7. The highest BCUT2D eigenvalue weighted by atomic mass is 35.5. The molecule has 2 N–H and O–H groups in total. The molecule has 0 spiro atoms. The van der Waals surface area contributed by atoms with E-state index in [2.05, 4.69) is 11.9 Å². The van der Waals surface area contributed by atoms with E-state index in [0.29, 0.717) is 0 Å². The van der Waals surface area contributed by atoms with Crippen molar-refractivity contribution in [3.05, 3.63) is 47.5 Å². The SMILES string of the molecule is CC[C@@H](N)c1cncn1-c1ccc(Cl)cc1. The fraction of sp³-hybridized carbons (Fsp3) is 0.250. The standard InChI is InChI=1S/C12H14ClN3/c1-2-11(14)12-7-15-8-16(12)10-5-3-9(13)4-6-10/h3-8,11H,2,14H2,1H3/t11-/m1/s1. The van der Waals surface area contributed by atoms with E-state index in [0.717, 1.165) is 22.8 Å². The third kappa shape index (κ3) is 2.10. The molecule has 0 saturated heterocycles. The van der Waals surface area contributed by atoms with Gasteiger partial charge in [0.05, 0.1) is 18.2 Å². The van der Waals surface area contributed by atoms with Gasteiger partial charge in [-0.2, -0.15) is 0 Å². The van der Waals surface area contributed by atoms with Crippen molar-refractivity contribution < 1.29 is 0 Å². The summed E-state index contributed by atoms with van der Waals surface area (Å²) in [5.41, 5.74) is 8.07. The molecule has 2 aromatic rings. The number of hydrogen-bond donors (Lipinski definition) is 1. The van der Waals surface area contributed by atoms with Crippen molar-refractivity contribution in [2.45, 2.75) is 19.4 Å². The second-order valence-electron chi connectivity index (χ2n) is 3.68. The number of nitrogens with zero attached hydrogens (tertiary/aromatic N) is 2. The summed E-state index contributed by atoms with van der Waals surface area (Å²) >= 11 is 5.85. The van der Waals surface area contributed by atoms with Crippen LogP contribution in [-0.4, -0.2) is 9.55 Å². The van der Waals surface area contributed by atoms with E-state index in [1.165, 1.54) is 0 Å². The molecule has 1 aromatic heterocycles. The molecule has 0 aliphatic carbocycles. The van der Waals surface area contributed by atoms with Crippen LogP contribution in [0.15, 0.2) is 36.8 Å². The molecule has 3 nitrogen and oxygen atoms in total. The second-order valence-corrected chi connectivity index (χ2v) is 4.12. The summed E-state index contributed by atoms with van der Waals surface area (Å²) in [6.45, 7) is 2.06. The molecule has 0 aliphatic heterocycles. The van der Waals surface area contributed by atoms with Crippen molar-refractivity contribution in [1.82, 2.24) is 9.55 Å². The number of aromatic nitrogens is 2. The average Bonchev–Trinajstić information content (AvgIpc) is 2.78. The molecule has 1 heterocycles. The van der Waals surface area contributed by atoms with Crippen LogP contribution in [-0.2, 0) is 0 Å². The second kappa shape index (κ2) is 4.68. The van der Waals surface area contributed by atoms with Crippen molar-refractivity contribution in [3.8, 4) is 5.69 Å². The van der Waals surface area contributed by atoms with Gasteiger partial charge < -0.3 is 10.3 Å². The van der Waals surface area contributed by atoms with Gasteiger partial charge in [-0.3, -0.25) is 0 Å². The Morgan fingerprint density at radius 2 is 2.06 bits per heavy atom. The van der Waals surface area contributed by atoms with Gasteiger partial charge in [0.25, 0.3) is 0 Å². The van der Waals surface area contributed by atoms with Gasteiger partial charge in [-0.15, -0.1) is 0 Å². The first-order chi connectivity index (χ1) is 7.72. The zero-order valence-corrected chi connectivity index (χ0v) is 9.85. The summed E-state index contributed by atoms with van der Waals surface area (Å²) < 4.78 is 1.99. The van der Waals surface area contributed by atoms with Crippen molar-refractivity contribution >= 4 is 11.6 Å². The number of hydrogen-bond acceptors (Lipinski definition) is 2. The average molecular weight is 236 g/mol. The topological polar surface area (TPSA) is 43.8 Å². The molecule has 1 atom stereocenters. The van der Waals surface area contributed by atoms with Crippen molar-refractivity contribution in [1.29, 1.82) is 0 Å². The highest BCUT2D eigenvalue weighted by Crippen LogP contribution is 2.19. The molecule has 4 heteroatoms. The largest absolute Gasteiger partial charge is 0.323 e. The van der Waals surface area contributed by atoms with Crippen LogP contribution in [0.5, 0.6) is 0 Å². The summed E-state index contributed by atoms with van der Waals surface area (Å²) in [5.74, 6) is 0. The minimum absolute atomic E-state index is 0.0122. The number of nitrogens with two attached hydrogens (primary N) is 1. The van der Waals surface area contributed by atoms with Crippen LogP contribution >= 0.6 is 11.6 Å². The first kappa shape index (κ1) is 11.2. The van der Waals surface area contributed by atoms with Gasteiger partial charge >= 0.3 is 0 Å². The van der Waals surface area contributed by atoms with Gasteiger partial charge in [0, 0.05) is 16.8 Å². The van der Waals surface area contributed by atoms with Gasteiger partial charge in [0.1, 0.15) is 0 Å². The molecule has 2 rings (SSSR count). The van der Waals surface area contributed by atoms with E-state index in [4.69, 9.17) is 17.3 Å². The zero-order valence-electron chi connectivity index (χ0n) is 9.10. The predicted octanol–water partition coefficient (Wildman–Crippen LogP) is 2.94. The van der Waals surface area contributed by atoms with E-state index in [-0.39, 0.29) is 6.04 Å². The zero-order chi connectivity index (χ0) is 11.5. The minimum atomic E-state index is 0.0122. The Kier molecular flexibility index (Phi) is 3.27. The lowest BCUT2D eigenvalue weighted by Gasteiger charge is -2.12. The Morgan fingerprint density at radius 3 is 2.69 bits per heavy atom. The first-order valence-electron chi connectivity index (χ1n) is 5.26. The van der Waals surface area contributed by atoms with Crippen LogP contribution < -0.4 is 5.73 Å². The lowest BCUT2D eigenvalue weighted by Crippen LogP contribution is -2.13. The van der Waals surface area contributed by atoms with Crippen LogP contribution in [0.1, 0.15) is 25.1 Å². The molecule has 16 heavy (non-hydrogen) atoms. The monoisotopic (exact) mass is 235 g/mol. The van der Waals surface area contributed by atoms with E-state index in [1.54, 1.807) is 6.33 Å². The quantitative estimate of drug-likeness (QED) is 0.889. The smallest absolute Gasteiger partial charge is 0.0994 e. The number of benzene rings is 1. The molecule has 0 unspecified atom stereocenters. The van der Waals surface area contributed by atoms with E-state index in [1.807, 2.05) is 35.0 Å². The molecule has 1 aromatic carbocycles. The molecule has 0 amide bonds. The third-order valence-corrected chi connectivity index (χ3v) is 2.84. The van der Waals surface area contributed by atoms with Crippen molar-refractivity contribution in [2.75, 3.05) is 0 Å². The third-order valence-electron chi connectivity index (χ3n) is 2.59. The summed E-state index contributed by atoms with van der Waals surface area (Å²) in [6, 6.07) is 7.64. The van der Waals surface area contributed by atoms with Gasteiger partial charge in [-0.25, -0.2) is 4.98 Å². The summed E-state index contributed by atoms with van der Waals surface area (Å²) in [6.07, 6.45) is 4.47. The maximum atomic E-state index is 6.02. The molecule has 84 valence electrons. The van der Waals surface area contributed by atoms with Crippen LogP contribution in [0.3, 0.4) is 0 Å². The Balaban J connectivity index is 2.40. The van der Waals surface area contributed by atoms with E-state index in [9.17, 15) is 0 Å². The summed E-state index contributed by atoms with van der Waals surface area (Å²) in [5, 5.41) is 0.727. The maximum Gasteiger partial charge on any atom is 0.0994 e. The highest BCUT2D eigenvalue weighted by molar-refractivity contribution is 6.30. The molecule has 0 fully saturated rings. The van der Waals surface area contributed by atoms with Gasteiger partial charge in [0.15, 0.2) is 0 Å². The fourth-order valence-electron chi connectivity index (χ4n) is 1.61. The number of imidazole rings is 1. The van der Waals surface area contributed by atoms with E-state index >= 15 is 0 Å². The van der Waals surface area contributed by atoms with Gasteiger partial charge in [-0.1, -0.05) is 18.5 Å². The minimum Gasteiger partial charge on any atom is -0.323 e. The Morgan fingerprint density at radius 1 is 1.38 bits per heavy atom. The van der Waals surface area contributed by atoms with Crippen molar-refractivity contribution in [3.63, 3.8) is 0 Å². The number of halogens is 1. The number of rotatable bonds is 3. The fourth-order valence-corrected chi connectivity index (χ4v) is 1.73. The molecular weight excluding hydrogens is 222 g/mol. The molecule has 0 radical (unpaired) electrons. The molecule has 0 saturated carbocycles. The maximum absolute atomic E-state index is 6.02. The Labute approximate surface area is 99.9 Å².